The molecule has 0 bridgehead atoms. The first-order valence-corrected chi connectivity index (χ1v) is 14.0. The lowest BCUT2D eigenvalue weighted by molar-refractivity contribution is -0.150. The van der Waals surface area contributed by atoms with Crippen LogP contribution in [-0.2, 0) is 14.3 Å². The molecule has 0 heterocycles. The number of hydrogen-bond acceptors (Lipinski definition) is 3. The lowest BCUT2D eigenvalue weighted by atomic mass is 10.1. The van der Waals surface area contributed by atoms with Crippen molar-refractivity contribution in [2.75, 3.05) is 0 Å². The fourth-order valence-corrected chi connectivity index (χ4v) is 3.84. The number of carbonyl (C=O) groups is 2. The molecule has 0 aliphatic carbocycles. The molecule has 0 radical (unpaired) electrons. The summed E-state index contributed by atoms with van der Waals surface area (Å²) in [7, 11) is 0. The summed E-state index contributed by atoms with van der Waals surface area (Å²) in [4.78, 5) is 22.7. The summed E-state index contributed by atoms with van der Waals surface area (Å²) in [5.41, 5.74) is 0. The van der Waals surface area contributed by atoms with Crippen molar-refractivity contribution in [3.63, 3.8) is 0 Å². The molecule has 0 fully saturated rings. The van der Waals surface area contributed by atoms with E-state index in [1.54, 1.807) is 0 Å². The molecule has 1 atom stereocenters. The quantitative estimate of drug-likeness (QED) is 0.0857. The van der Waals surface area contributed by atoms with E-state index in [2.05, 4.69) is 50.3 Å². The molecule has 0 rings (SSSR count). The van der Waals surface area contributed by atoms with Gasteiger partial charge in [-0.25, -0.2) is 0 Å². The predicted octanol–water partition coefficient (Wildman–Crippen LogP) is 9.10. The summed E-state index contributed by atoms with van der Waals surface area (Å²) >= 11 is 0. The minimum atomic E-state index is -0.790. The van der Waals surface area contributed by atoms with Gasteiger partial charge in [0.1, 0.15) is 6.10 Å². The molecule has 0 aromatic heterocycles. The molecule has 34 heavy (non-hydrogen) atoms. The van der Waals surface area contributed by atoms with Gasteiger partial charge in [0, 0.05) is 12.8 Å². The van der Waals surface area contributed by atoms with Gasteiger partial charge >= 0.3 is 11.9 Å². The largest absolute Gasteiger partial charge is 0.481 e. The van der Waals surface area contributed by atoms with E-state index in [-0.39, 0.29) is 18.5 Å². The first-order valence-electron chi connectivity index (χ1n) is 14.0. The van der Waals surface area contributed by atoms with Crippen LogP contribution in [0, 0.1) is 0 Å². The fraction of sp³-hybridized carbons (Fsp3) is 0.733. The smallest absolute Gasteiger partial charge is 0.306 e. The molecule has 0 aliphatic heterocycles. The highest BCUT2D eigenvalue weighted by molar-refractivity contribution is 5.69. The predicted molar refractivity (Wildman–Crippen MR) is 144 cm³/mol. The number of allylic oxidation sites excluding steroid dienone is 6. The molecular formula is C30H52O4. The van der Waals surface area contributed by atoms with Gasteiger partial charge in [0.15, 0.2) is 0 Å². The number of hydrogen-bond donors (Lipinski definition) is 1. The summed E-state index contributed by atoms with van der Waals surface area (Å²) in [5.74, 6) is -0.919. The Kier molecular flexibility index (Phi) is 24.4. The average Bonchev–Trinajstić information content (AvgIpc) is 2.80. The third-order valence-corrected chi connectivity index (χ3v) is 5.85. The summed E-state index contributed by atoms with van der Waals surface area (Å²) in [6, 6.07) is 0. The number of aliphatic carboxylic acids is 1. The Bertz CT molecular complexity index is 562. The third-order valence-electron chi connectivity index (χ3n) is 5.85. The normalized spacial score (nSPS) is 12.8. The minimum Gasteiger partial charge on any atom is -0.481 e. The van der Waals surface area contributed by atoms with E-state index in [4.69, 9.17) is 9.84 Å². The molecule has 4 nitrogen and oxygen atoms in total. The van der Waals surface area contributed by atoms with Crippen molar-refractivity contribution >= 4 is 11.9 Å². The number of carbonyl (C=O) groups excluding carboxylic acids is 1. The topological polar surface area (TPSA) is 63.6 Å². The maximum absolute atomic E-state index is 12.1. The molecule has 0 amide bonds. The van der Waals surface area contributed by atoms with Gasteiger partial charge in [-0.05, 0) is 64.2 Å². The minimum absolute atomic E-state index is 0.127. The van der Waals surface area contributed by atoms with Crippen molar-refractivity contribution in [1.82, 2.24) is 0 Å². The zero-order chi connectivity index (χ0) is 25.1. The van der Waals surface area contributed by atoms with Crippen molar-refractivity contribution in [3.8, 4) is 0 Å². The molecule has 1 unspecified atom stereocenters. The summed E-state index contributed by atoms with van der Waals surface area (Å²) < 4.78 is 5.56. The third kappa shape index (κ3) is 24.8. The molecule has 0 aromatic carbocycles. The van der Waals surface area contributed by atoms with Crippen LogP contribution < -0.4 is 0 Å². The van der Waals surface area contributed by atoms with Gasteiger partial charge in [0.25, 0.3) is 0 Å². The van der Waals surface area contributed by atoms with Crippen LogP contribution in [0.4, 0.5) is 0 Å². The average molecular weight is 477 g/mol. The number of esters is 1. The van der Waals surface area contributed by atoms with Gasteiger partial charge in [-0.2, -0.15) is 0 Å². The Morgan fingerprint density at radius 3 is 1.79 bits per heavy atom. The van der Waals surface area contributed by atoms with E-state index in [0.29, 0.717) is 19.3 Å². The Labute approximate surface area is 209 Å². The maximum Gasteiger partial charge on any atom is 0.306 e. The van der Waals surface area contributed by atoms with Crippen molar-refractivity contribution < 1.29 is 19.4 Å². The van der Waals surface area contributed by atoms with Crippen molar-refractivity contribution in [3.05, 3.63) is 36.5 Å². The highest BCUT2D eigenvalue weighted by Crippen LogP contribution is 2.14. The van der Waals surface area contributed by atoms with Crippen LogP contribution in [0.15, 0.2) is 36.5 Å². The van der Waals surface area contributed by atoms with E-state index >= 15 is 0 Å². The highest BCUT2D eigenvalue weighted by Gasteiger charge is 2.14. The van der Waals surface area contributed by atoms with Crippen LogP contribution in [0.5, 0.6) is 0 Å². The lowest BCUT2D eigenvalue weighted by Gasteiger charge is -2.17. The molecule has 196 valence electrons. The van der Waals surface area contributed by atoms with E-state index in [0.717, 1.165) is 44.9 Å². The van der Waals surface area contributed by atoms with Gasteiger partial charge < -0.3 is 9.84 Å². The summed E-state index contributed by atoms with van der Waals surface area (Å²) in [6.07, 6.45) is 32.3. The number of carboxylic acids is 1. The molecule has 0 spiro atoms. The van der Waals surface area contributed by atoms with E-state index < -0.39 is 5.97 Å². The SMILES string of the molecule is CCCCC/C=C\C/C=C\C/C=C\CCCCCCCCC(=O)OC(CCC)CCCC(=O)O. The van der Waals surface area contributed by atoms with Gasteiger partial charge in [0.05, 0.1) is 0 Å². The Morgan fingerprint density at radius 2 is 1.21 bits per heavy atom. The first kappa shape index (κ1) is 32.2. The lowest BCUT2D eigenvalue weighted by Crippen LogP contribution is -2.18. The maximum atomic E-state index is 12.1. The van der Waals surface area contributed by atoms with Gasteiger partial charge in [-0.1, -0.05) is 95.2 Å². The summed E-state index contributed by atoms with van der Waals surface area (Å²) in [6.45, 7) is 4.30. The monoisotopic (exact) mass is 476 g/mol. The number of rotatable bonds is 24. The molecule has 0 saturated heterocycles. The standard InChI is InChI=1S/C30H52O4/c1-3-5-6-7-8-9-10-11-12-13-14-15-16-17-18-19-20-21-22-27-30(33)34-28(24-4-2)25-23-26-29(31)32/h8-9,11-12,14-15,28H,3-7,10,13,16-27H2,1-2H3,(H,31,32)/b9-8-,12-11-,15-14-. The van der Waals surface area contributed by atoms with E-state index in [1.165, 1.54) is 51.4 Å². The molecule has 0 aliphatic rings. The molecule has 4 heteroatoms. The van der Waals surface area contributed by atoms with Crippen LogP contribution in [0.1, 0.15) is 136 Å². The Morgan fingerprint density at radius 1 is 0.647 bits per heavy atom. The van der Waals surface area contributed by atoms with Crippen LogP contribution in [0.3, 0.4) is 0 Å². The van der Waals surface area contributed by atoms with Crippen molar-refractivity contribution in [1.29, 1.82) is 0 Å². The number of ether oxygens (including phenoxy) is 1. The second-order valence-electron chi connectivity index (χ2n) is 9.23. The van der Waals surface area contributed by atoms with Crippen LogP contribution in [0.2, 0.25) is 0 Å². The van der Waals surface area contributed by atoms with Gasteiger partial charge in [0.2, 0.25) is 0 Å². The Balaban J connectivity index is 3.56. The molecule has 0 aromatic rings. The van der Waals surface area contributed by atoms with Crippen LogP contribution >= 0.6 is 0 Å². The number of carboxylic acid groups (broad SMARTS) is 1. The molecule has 0 saturated carbocycles. The van der Waals surface area contributed by atoms with E-state index in [1.807, 2.05) is 0 Å². The van der Waals surface area contributed by atoms with Crippen LogP contribution in [-0.4, -0.2) is 23.1 Å². The summed E-state index contributed by atoms with van der Waals surface area (Å²) in [5, 5.41) is 8.75. The van der Waals surface area contributed by atoms with Gasteiger partial charge in [-0.3, -0.25) is 9.59 Å². The van der Waals surface area contributed by atoms with Crippen molar-refractivity contribution in [2.24, 2.45) is 0 Å². The van der Waals surface area contributed by atoms with Crippen molar-refractivity contribution in [2.45, 2.75) is 142 Å². The zero-order valence-electron chi connectivity index (χ0n) is 22.1. The second kappa shape index (κ2) is 25.8. The highest BCUT2D eigenvalue weighted by atomic mass is 16.5. The Hall–Kier alpha value is -1.84. The zero-order valence-corrected chi connectivity index (χ0v) is 22.1. The van der Waals surface area contributed by atoms with E-state index in [9.17, 15) is 9.59 Å². The number of unbranched alkanes of at least 4 members (excludes halogenated alkanes) is 9. The second-order valence-corrected chi connectivity index (χ2v) is 9.23. The molecule has 1 N–H and O–H groups in total. The van der Waals surface area contributed by atoms with Gasteiger partial charge in [-0.15, -0.1) is 0 Å². The fourth-order valence-electron chi connectivity index (χ4n) is 3.84. The first-order chi connectivity index (χ1) is 16.6. The van der Waals surface area contributed by atoms with Crippen LogP contribution in [0.25, 0.3) is 0 Å². The molecular weight excluding hydrogens is 424 g/mol.